The standard InChI is InChI=1S/C16H12N4O5/c17-8-11-3-1-2-4-15(11)25-10-16(22)19-18-9-12-7-13(20(23)24)5-6-14(12)21/h1-7,9,21H,10H2,(H,19,22). The van der Waals surface area contributed by atoms with Crippen LogP contribution in [0.1, 0.15) is 11.1 Å². The smallest absolute Gasteiger partial charge is 0.277 e. The maximum atomic E-state index is 11.7. The van der Waals surface area contributed by atoms with Crippen LogP contribution in [0.25, 0.3) is 0 Å². The summed E-state index contributed by atoms with van der Waals surface area (Å²) in [5, 5.41) is 32.8. The average Bonchev–Trinajstić information content (AvgIpc) is 2.61. The second kappa shape index (κ2) is 8.07. The molecule has 2 aromatic rings. The summed E-state index contributed by atoms with van der Waals surface area (Å²) >= 11 is 0. The Bertz CT molecular complexity index is 873. The lowest BCUT2D eigenvalue weighted by atomic mass is 10.2. The SMILES string of the molecule is N#Cc1ccccc1OCC(=O)NN=Cc1cc([N+](=O)[O-])ccc1O. The van der Waals surface area contributed by atoms with Gasteiger partial charge >= 0.3 is 0 Å². The van der Waals surface area contributed by atoms with E-state index in [1.807, 2.05) is 6.07 Å². The van der Waals surface area contributed by atoms with Crippen LogP contribution in [0.5, 0.6) is 11.5 Å². The summed E-state index contributed by atoms with van der Waals surface area (Å²) in [5.74, 6) is -0.558. The molecule has 126 valence electrons. The van der Waals surface area contributed by atoms with Gasteiger partial charge in [-0.25, -0.2) is 5.43 Å². The summed E-state index contributed by atoms with van der Waals surface area (Å²) in [4.78, 5) is 21.7. The van der Waals surface area contributed by atoms with Crippen LogP contribution in [0.15, 0.2) is 47.6 Å². The Morgan fingerprint density at radius 1 is 1.40 bits per heavy atom. The van der Waals surface area contributed by atoms with Crippen molar-refractivity contribution >= 4 is 17.8 Å². The summed E-state index contributed by atoms with van der Waals surface area (Å²) in [5.41, 5.74) is 2.30. The fraction of sp³-hybridized carbons (Fsp3) is 0.0625. The molecule has 9 nitrogen and oxygen atoms in total. The van der Waals surface area contributed by atoms with E-state index in [0.717, 1.165) is 24.4 Å². The van der Waals surface area contributed by atoms with Gasteiger partial charge in [-0.1, -0.05) is 12.1 Å². The number of carbonyl (C=O) groups excluding carboxylic acids is 1. The van der Waals surface area contributed by atoms with Crippen molar-refractivity contribution < 1.29 is 19.6 Å². The highest BCUT2D eigenvalue weighted by Crippen LogP contribution is 2.21. The number of para-hydroxylation sites is 1. The second-order valence-corrected chi connectivity index (χ2v) is 4.69. The molecule has 0 saturated heterocycles. The third-order valence-electron chi connectivity index (χ3n) is 2.98. The molecule has 0 bridgehead atoms. The molecule has 1 amide bonds. The third kappa shape index (κ3) is 4.77. The van der Waals surface area contributed by atoms with E-state index < -0.39 is 10.8 Å². The van der Waals surface area contributed by atoms with Gasteiger partial charge in [-0.15, -0.1) is 0 Å². The molecule has 0 atom stereocenters. The van der Waals surface area contributed by atoms with Gasteiger partial charge in [0.25, 0.3) is 11.6 Å². The van der Waals surface area contributed by atoms with E-state index in [9.17, 15) is 20.0 Å². The van der Waals surface area contributed by atoms with E-state index in [4.69, 9.17) is 10.00 Å². The maximum Gasteiger partial charge on any atom is 0.277 e. The van der Waals surface area contributed by atoms with Crippen LogP contribution in [0.2, 0.25) is 0 Å². The van der Waals surface area contributed by atoms with E-state index in [-0.39, 0.29) is 29.4 Å². The van der Waals surface area contributed by atoms with E-state index in [0.29, 0.717) is 5.56 Å². The number of hydrogen-bond donors (Lipinski definition) is 2. The number of nitro benzene ring substituents is 1. The fourth-order valence-electron chi connectivity index (χ4n) is 1.79. The third-order valence-corrected chi connectivity index (χ3v) is 2.98. The summed E-state index contributed by atoms with van der Waals surface area (Å²) < 4.78 is 5.22. The van der Waals surface area contributed by atoms with Crippen molar-refractivity contribution in [1.82, 2.24) is 5.43 Å². The molecular weight excluding hydrogens is 328 g/mol. The molecule has 2 aromatic carbocycles. The summed E-state index contributed by atoms with van der Waals surface area (Å²) in [7, 11) is 0. The van der Waals surface area contributed by atoms with Gasteiger partial charge < -0.3 is 9.84 Å². The van der Waals surface area contributed by atoms with Crippen molar-refractivity contribution in [3.8, 4) is 17.6 Å². The Labute approximate surface area is 141 Å². The highest BCUT2D eigenvalue weighted by atomic mass is 16.6. The van der Waals surface area contributed by atoms with Crippen molar-refractivity contribution in [3.05, 3.63) is 63.7 Å². The summed E-state index contributed by atoms with van der Waals surface area (Å²) in [6.45, 7) is -0.378. The number of aromatic hydroxyl groups is 1. The minimum absolute atomic E-state index is 0.0743. The summed E-state index contributed by atoms with van der Waals surface area (Å²) in [6.07, 6.45) is 1.07. The molecule has 0 aliphatic rings. The van der Waals surface area contributed by atoms with Crippen LogP contribution in [0.3, 0.4) is 0 Å². The van der Waals surface area contributed by atoms with Gasteiger partial charge in [0.2, 0.25) is 0 Å². The number of phenolic OH excluding ortho intramolecular Hbond substituents is 1. The van der Waals surface area contributed by atoms with E-state index in [1.165, 1.54) is 0 Å². The largest absolute Gasteiger partial charge is 0.507 e. The fourth-order valence-corrected chi connectivity index (χ4v) is 1.79. The summed E-state index contributed by atoms with van der Waals surface area (Å²) in [6, 6.07) is 11.8. The Kier molecular flexibility index (Phi) is 5.63. The lowest BCUT2D eigenvalue weighted by Gasteiger charge is -2.06. The average molecular weight is 340 g/mol. The van der Waals surface area contributed by atoms with Crippen molar-refractivity contribution in [2.24, 2.45) is 5.10 Å². The van der Waals surface area contributed by atoms with Crippen LogP contribution in [0, 0.1) is 21.4 Å². The first-order valence-electron chi connectivity index (χ1n) is 6.92. The molecule has 0 aliphatic heterocycles. The van der Waals surface area contributed by atoms with E-state index in [2.05, 4.69) is 10.5 Å². The van der Waals surface area contributed by atoms with Gasteiger partial charge in [-0.3, -0.25) is 14.9 Å². The molecule has 0 saturated carbocycles. The number of phenols is 1. The van der Waals surface area contributed by atoms with Crippen molar-refractivity contribution in [2.75, 3.05) is 6.61 Å². The number of benzene rings is 2. The zero-order chi connectivity index (χ0) is 18.2. The van der Waals surface area contributed by atoms with Crippen molar-refractivity contribution in [2.45, 2.75) is 0 Å². The number of non-ortho nitro benzene ring substituents is 1. The van der Waals surface area contributed by atoms with E-state index >= 15 is 0 Å². The Balaban J connectivity index is 1.94. The van der Waals surface area contributed by atoms with Gasteiger partial charge in [0.1, 0.15) is 17.6 Å². The molecule has 0 aliphatic carbocycles. The first-order chi connectivity index (χ1) is 12.0. The molecule has 0 aromatic heterocycles. The minimum atomic E-state index is -0.615. The number of hydrazone groups is 1. The Morgan fingerprint density at radius 3 is 2.88 bits per heavy atom. The molecule has 0 fully saturated rings. The minimum Gasteiger partial charge on any atom is -0.507 e. The molecule has 25 heavy (non-hydrogen) atoms. The number of hydrogen-bond acceptors (Lipinski definition) is 7. The molecule has 9 heteroatoms. The first-order valence-corrected chi connectivity index (χ1v) is 6.92. The monoisotopic (exact) mass is 340 g/mol. The van der Waals surface area contributed by atoms with Gasteiger partial charge in [0.15, 0.2) is 6.61 Å². The number of nitro groups is 1. The molecule has 0 spiro atoms. The van der Waals surface area contributed by atoms with Crippen LogP contribution < -0.4 is 10.2 Å². The second-order valence-electron chi connectivity index (χ2n) is 4.69. The van der Waals surface area contributed by atoms with Gasteiger partial charge in [0.05, 0.1) is 16.7 Å². The quantitative estimate of drug-likeness (QED) is 0.466. The molecule has 0 heterocycles. The maximum absolute atomic E-state index is 11.7. The lowest BCUT2D eigenvalue weighted by Crippen LogP contribution is -2.24. The molecule has 2 rings (SSSR count). The number of rotatable bonds is 6. The molecular formula is C16H12N4O5. The molecule has 2 N–H and O–H groups in total. The number of carbonyl (C=O) groups is 1. The predicted molar refractivity (Wildman–Crippen MR) is 87.1 cm³/mol. The lowest BCUT2D eigenvalue weighted by molar-refractivity contribution is -0.384. The zero-order valence-electron chi connectivity index (χ0n) is 12.7. The van der Waals surface area contributed by atoms with Crippen LogP contribution in [-0.2, 0) is 4.79 Å². The van der Waals surface area contributed by atoms with Crippen molar-refractivity contribution in [1.29, 1.82) is 5.26 Å². The van der Waals surface area contributed by atoms with Gasteiger partial charge in [0, 0.05) is 17.7 Å². The van der Waals surface area contributed by atoms with Crippen LogP contribution >= 0.6 is 0 Å². The Morgan fingerprint density at radius 2 is 2.16 bits per heavy atom. The Hall–Kier alpha value is -3.93. The normalized spacial score (nSPS) is 10.2. The van der Waals surface area contributed by atoms with Crippen LogP contribution in [0.4, 0.5) is 5.69 Å². The first kappa shape index (κ1) is 17.4. The number of amides is 1. The van der Waals surface area contributed by atoms with E-state index in [1.54, 1.807) is 24.3 Å². The number of nitrogens with zero attached hydrogens (tertiary/aromatic N) is 3. The van der Waals surface area contributed by atoms with Crippen molar-refractivity contribution in [3.63, 3.8) is 0 Å². The molecule has 0 unspecified atom stereocenters. The highest BCUT2D eigenvalue weighted by Gasteiger charge is 2.09. The number of nitrogens with one attached hydrogen (secondary N) is 1. The predicted octanol–water partition coefficient (Wildman–Crippen LogP) is 1.70. The number of nitriles is 1. The number of ether oxygens (including phenoxy) is 1. The molecule has 0 radical (unpaired) electrons. The van der Waals surface area contributed by atoms with Crippen LogP contribution in [-0.4, -0.2) is 28.8 Å². The zero-order valence-corrected chi connectivity index (χ0v) is 12.7. The van der Waals surface area contributed by atoms with Gasteiger partial charge in [-0.2, -0.15) is 10.4 Å². The van der Waals surface area contributed by atoms with Gasteiger partial charge in [-0.05, 0) is 18.2 Å². The highest BCUT2D eigenvalue weighted by molar-refractivity contribution is 5.86. The topological polar surface area (TPSA) is 138 Å².